The third kappa shape index (κ3) is 3.26. The van der Waals surface area contributed by atoms with E-state index in [0.29, 0.717) is 17.8 Å². The highest BCUT2D eigenvalue weighted by molar-refractivity contribution is 7.98. The zero-order valence-corrected chi connectivity index (χ0v) is 12.0. The number of hydrogen-bond donors (Lipinski definition) is 2. The second-order valence-corrected chi connectivity index (χ2v) is 5.72. The molecule has 3 N–H and O–H groups in total. The van der Waals surface area contributed by atoms with Crippen LogP contribution in [0.25, 0.3) is 0 Å². The first-order valence-corrected chi connectivity index (χ1v) is 7.44. The first kappa shape index (κ1) is 13.4. The summed E-state index contributed by atoms with van der Waals surface area (Å²) < 4.78 is 0. The molecule has 1 aromatic rings. The highest BCUT2D eigenvalue weighted by Gasteiger charge is 2.24. The van der Waals surface area contributed by atoms with E-state index in [2.05, 4.69) is 34.2 Å². The summed E-state index contributed by atoms with van der Waals surface area (Å²) in [6.45, 7) is 4.51. The van der Waals surface area contributed by atoms with E-state index in [1.807, 2.05) is 12.3 Å². The molecule has 0 radical (unpaired) electrons. The molecule has 0 bridgehead atoms. The summed E-state index contributed by atoms with van der Waals surface area (Å²) in [5.41, 5.74) is 5.78. The Morgan fingerprint density at radius 3 is 2.94 bits per heavy atom. The number of nitrogens with zero attached hydrogens (tertiary/aromatic N) is 3. The van der Waals surface area contributed by atoms with Crippen LogP contribution in [0.2, 0.25) is 0 Å². The molecule has 1 aromatic heterocycles. The summed E-state index contributed by atoms with van der Waals surface area (Å²) in [5, 5.41) is 4.22. The van der Waals surface area contributed by atoms with E-state index >= 15 is 0 Å². The second-order valence-electron chi connectivity index (χ2n) is 4.94. The Hall–Kier alpha value is -1.01. The predicted molar refractivity (Wildman–Crippen MR) is 76.9 cm³/mol. The fraction of sp³-hybridized carbons (Fsp3) is 0.667. The quantitative estimate of drug-likeness (QED) is 0.639. The van der Waals surface area contributed by atoms with Gasteiger partial charge in [0.25, 0.3) is 0 Å². The lowest BCUT2D eigenvalue weighted by molar-refractivity contribution is 0.206. The minimum Gasteiger partial charge on any atom is -0.383 e. The largest absolute Gasteiger partial charge is 0.383 e. The van der Waals surface area contributed by atoms with Gasteiger partial charge in [0.1, 0.15) is 11.6 Å². The summed E-state index contributed by atoms with van der Waals surface area (Å²) >= 11 is 1.51. The van der Waals surface area contributed by atoms with Crippen LogP contribution in [0.5, 0.6) is 0 Å². The first-order chi connectivity index (χ1) is 8.58. The van der Waals surface area contributed by atoms with Gasteiger partial charge in [-0.1, -0.05) is 18.7 Å². The number of rotatable bonds is 3. The minimum absolute atomic E-state index is 0.463. The molecule has 100 valence electrons. The number of aromatic nitrogens is 2. The molecule has 6 heteroatoms. The normalized spacial score (nSPS) is 25.1. The maximum atomic E-state index is 5.78. The lowest BCUT2D eigenvalue weighted by atomic mass is 9.94. The smallest absolute Gasteiger partial charge is 0.191 e. The van der Waals surface area contributed by atoms with Crippen molar-refractivity contribution in [1.29, 1.82) is 0 Å². The maximum absolute atomic E-state index is 5.78. The lowest BCUT2D eigenvalue weighted by Crippen LogP contribution is -2.43. The van der Waals surface area contributed by atoms with Crippen LogP contribution in [0.4, 0.5) is 11.6 Å². The topological polar surface area (TPSA) is 67.1 Å². The molecule has 0 aliphatic carbocycles. The zero-order chi connectivity index (χ0) is 13.1. The van der Waals surface area contributed by atoms with Crippen molar-refractivity contribution in [3.05, 3.63) is 6.07 Å². The van der Waals surface area contributed by atoms with Crippen molar-refractivity contribution in [2.45, 2.75) is 24.5 Å². The average molecular weight is 267 g/mol. The number of likely N-dealkylation sites (tertiary alicyclic amines) is 1. The molecule has 2 unspecified atom stereocenters. The maximum Gasteiger partial charge on any atom is 0.191 e. The van der Waals surface area contributed by atoms with Gasteiger partial charge < -0.3 is 16.0 Å². The van der Waals surface area contributed by atoms with E-state index in [0.717, 1.165) is 30.5 Å². The van der Waals surface area contributed by atoms with E-state index in [-0.39, 0.29) is 0 Å². The zero-order valence-electron chi connectivity index (χ0n) is 11.2. The van der Waals surface area contributed by atoms with Crippen LogP contribution in [0.15, 0.2) is 11.2 Å². The minimum atomic E-state index is 0.463. The lowest BCUT2D eigenvalue weighted by Gasteiger charge is -2.35. The Labute approximate surface area is 113 Å². The molecule has 0 saturated carbocycles. The summed E-state index contributed by atoms with van der Waals surface area (Å²) in [4.78, 5) is 11.0. The van der Waals surface area contributed by atoms with Crippen LogP contribution < -0.4 is 11.1 Å². The number of thioether (sulfide) groups is 1. The van der Waals surface area contributed by atoms with Crippen molar-refractivity contribution in [3.8, 4) is 0 Å². The van der Waals surface area contributed by atoms with Crippen molar-refractivity contribution in [3.63, 3.8) is 0 Å². The summed E-state index contributed by atoms with van der Waals surface area (Å²) in [6, 6.07) is 2.27. The molecule has 1 aliphatic rings. The monoisotopic (exact) mass is 267 g/mol. The molecule has 0 amide bonds. The van der Waals surface area contributed by atoms with Gasteiger partial charge in [-0.3, -0.25) is 0 Å². The van der Waals surface area contributed by atoms with Gasteiger partial charge in [0.15, 0.2) is 5.16 Å². The Bertz CT molecular complexity index is 411. The van der Waals surface area contributed by atoms with Gasteiger partial charge in [0, 0.05) is 18.7 Å². The Morgan fingerprint density at radius 1 is 1.50 bits per heavy atom. The number of nitrogens with two attached hydrogens (primary N) is 1. The van der Waals surface area contributed by atoms with Gasteiger partial charge in [-0.05, 0) is 32.2 Å². The number of nitrogens with one attached hydrogen (secondary N) is 1. The van der Waals surface area contributed by atoms with Crippen LogP contribution in [-0.4, -0.2) is 47.3 Å². The number of hydrogen-bond acceptors (Lipinski definition) is 6. The first-order valence-electron chi connectivity index (χ1n) is 6.22. The van der Waals surface area contributed by atoms with Crippen LogP contribution in [-0.2, 0) is 0 Å². The van der Waals surface area contributed by atoms with Gasteiger partial charge in [-0.15, -0.1) is 0 Å². The molecule has 0 aromatic carbocycles. The van der Waals surface area contributed by atoms with Gasteiger partial charge in [0.05, 0.1) is 0 Å². The number of nitrogen functional groups attached to an aromatic ring is 1. The van der Waals surface area contributed by atoms with E-state index in [4.69, 9.17) is 5.73 Å². The van der Waals surface area contributed by atoms with Crippen LogP contribution in [0.1, 0.15) is 13.3 Å². The highest BCUT2D eigenvalue weighted by atomic mass is 32.2. The fourth-order valence-corrected chi connectivity index (χ4v) is 2.75. The SMILES string of the molecule is CSc1nc(N)cc(NC2CCN(C)CC2C)n1. The summed E-state index contributed by atoms with van der Waals surface area (Å²) in [6.07, 6.45) is 3.09. The van der Waals surface area contributed by atoms with Crippen molar-refractivity contribution in [2.24, 2.45) is 5.92 Å². The third-order valence-corrected chi connectivity index (χ3v) is 3.90. The summed E-state index contributed by atoms with van der Waals surface area (Å²) in [5.74, 6) is 1.98. The number of anilines is 2. The van der Waals surface area contributed by atoms with Gasteiger partial charge in [-0.25, -0.2) is 9.97 Å². The van der Waals surface area contributed by atoms with Gasteiger partial charge in [0.2, 0.25) is 0 Å². The molecule has 1 saturated heterocycles. The molecule has 2 rings (SSSR count). The van der Waals surface area contributed by atoms with Crippen molar-refractivity contribution >= 4 is 23.4 Å². The second kappa shape index (κ2) is 5.75. The molecular formula is C12H21N5S. The molecule has 1 fully saturated rings. The summed E-state index contributed by atoms with van der Waals surface area (Å²) in [7, 11) is 2.17. The molecule has 18 heavy (non-hydrogen) atoms. The van der Waals surface area contributed by atoms with E-state index < -0.39 is 0 Å². The van der Waals surface area contributed by atoms with Crippen LogP contribution in [0.3, 0.4) is 0 Å². The van der Waals surface area contributed by atoms with Crippen LogP contribution in [0, 0.1) is 5.92 Å². The molecule has 0 spiro atoms. The molecular weight excluding hydrogens is 246 g/mol. The van der Waals surface area contributed by atoms with Gasteiger partial charge in [-0.2, -0.15) is 0 Å². The van der Waals surface area contributed by atoms with Crippen molar-refractivity contribution in [2.75, 3.05) is 37.4 Å². The third-order valence-electron chi connectivity index (χ3n) is 3.35. The standard InChI is InChI=1S/C12H21N5S/c1-8-7-17(2)5-4-9(8)14-11-6-10(13)15-12(16-11)18-3/h6,8-9H,4-5,7H2,1-3H3,(H3,13,14,15,16). The number of piperidine rings is 1. The Morgan fingerprint density at radius 2 is 2.28 bits per heavy atom. The highest BCUT2D eigenvalue weighted by Crippen LogP contribution is 2.21. The van der Waals surface area contributed by atoms with E-state index in [1.165, 1.54) is 11.8 Å². The molecule has 2 heterocycles. The molecule has 2 atom stereocenters. The average Bonchev–Trinajstić information content (AvgIpc) is 2.32. The Balaban J connectivity index is 2.06. The fourth-order valence-electron chi connectivity index (χ4n) is 2.37. The molecule has 1 aliphatic heterocycles. The van der Waals surface area contributed by atoms with Gasteiger partial charge >= 0.3 is 0 Å². The Kier molecular flexibility index (Phi) is 4.29. The van der Waals surface area contributed by atoms with Crippen molar-refractivity contribution in [1.82, 2.24) is 14.9 Å². The van der Waals surface area contributed by atoms with Crippen LogP contribution >= 0.6 is 11.8 Å². The van der Waals surface area contributed by atoms with Crippen molar-refractivity contribution < 1.29 is 0 Å². The predicted octanol–water partition coefficient (Wildman–Crippen LogP) is 1.53. The van der Waals surface area contributed by atoms with E-state index in [9.17, 15) is 0 Å². The van der Waals surface area contributed by atoms with E-state index in [1.54, 1.807) is 0 Å². The molecule has 5 nitrogen and oxygen atoms in total.